The van der Waals surface area contributed by atoms with E-state index in [4.69, 9.17) is 10.5 Å². The molecule has 0 spiro atoms. The first-order valence-electron chi connectivity index (χ1n) is 7.15. The van der Waals surface area contributed by atoms with Crippen LogP contribution in [-0.4, -0.2) is 24.6 Å². The summed E-state index contributed by atoms with van der Waals surface area (Å²) in [7, 11) is 0. The fourth-order valence-corrected chi connectivity index (χ4v) is 2.33. The summed E-state index contributed by atoms with van der Waals surface area (Å²) in [5, 5.41) is 3.04. The Hall–Kier alpha value is -1.26. The molecule has 0 saturated carbocycles. The molecule has 0 aliphatic heterocycles. The molecule has 3 N–H and O–H groups in total. The highest BCUT2D eigenvalue weighted by molar-refractivity contribution is 5.95. The molecule has 0 fully saturated rings. The average Bonchev–Trinajstić information content (AvgIpc) is 2.38. The molecule has 0 heterocycles. The minimum Gasteiger partial charge on any atom is -0.494 e. The zero-order valence-electron chi connectivity index (χ0n) is 13.3. The van der Waals surface area contributed by atoms with Crippen molar-refractivity contribution in [1.29, 1.82) is 0 Å². The van der Waals surface area contributed by atoms with Crippen molar-refractivity contribution in [3.63, 3.8) is 0 Å². The zero-order valence-corrected chi connectivity index (χ0v) is 14.1. The number of nitrogens with two attached hydrogens (primary N) is 1. The minimum atomic E-state index is -0.382. The van der Waals surface area contributed by atoms with E-state index < -0.39 is 0 Å². The van der Waals surface area contributed by atoms with Crippen molar-refractivity contribution in [3.05, 3.63) is 29.8 Å². The molecule has 0 aliphatic rings. The van der Waals surface area contributed by atoms with Crippen LogP contribution in [0.3, 0.4) is 0 Å². The van der Waals surface area contributed by atoms with E-state index in [9.17, 15) is 4.79 Å². The predicted octanol–water partition coefficient (Wildman–Crippen LogP) is 3.00. The number of ether oxygens (including phenoxy) is 1. The summed E-state index contributed by atoms with van der Waals surface area (Å²) >= 11 is 0. The van der Waals surface area contributed by atoms with Crippen molar-refractivity contribution in [3.8, 4) is 5.75 Å². The molecule has 4 nitrogen and oxygen atoms in total. The van der Waals surface area contributed by atoms with Crippen molar-refractivity contribution in [2.45, 2.75) is 39.7 Å². The molecule has 1 aromatic rings. The van der Waals surface area contributed by atoms with E-state index in [1.54, 1.807) is 12.1 Å². The molecule has 0 bridgehead atoms. The summed E-state index contributed by atoms with van der Waals surface area (Å²) in [6.45, 7) is 9.14. The third-order valence-electron chi connectivity index (χ3n) is 3.13. The molecule has 5 heteroatoms. The number of rotatable bonds is 7. The van der Waals surface area contributed by atoms with Crippen LogP contribution in [0.25, 0.3) is 0 Å². The van der Waals surface area contributed by atoms with Crippen LogP contribution >= 0.6 is 12.4 Å². The second-order valence-corrected chi connectivity index (χ2v) is 5.78. The number of carbonyl (C=O) groups excluding carboxylic acids is 1. The first-order valence-corrected chi connectivity index (χ1v) is 7.15. The fourth-order valence-electron chi connectivity index (χ4n) is 2.33. The molecule has 1 rings (SSSR count). The number of amides is 1. The lowest BCUT2D eigenvalue weighted by molar-refractivity contribution is 0.0898. The highest BCUT2D eigenvalue weighted by Crippen LogP contribution is 2.18. The topological polar surface area (TPSA) is 64.3 Å². The van der Waals surface area contributed by atoms with Crippen molar-refractivity contribution in [2.75, 3.05) is 13.2 Å². The van der Waals surface area contributed by atoms with Gasteiger partial charge in [0, 0.05) is 17.6 Å². The van der Waals surface area contributed by atoms with Gasteiger partial charge in [-0.2, -0.15) is 0 Å². The first kappa shape index (κ1) is 19.7. The molecule has 120 valence electrons. The summed E-state index contributed by atoms with van der Waals surface area (Å²) in [6.07, 6.45) is 0.848. The number of benzene rings is 1. The maximum atomic E-state index is 12.3. The number of carbonyl (C=O) groups is 1. The Labute approximate surface area is 133 Å². The van der Waals surface area contributed by atoms with Gasteiger partial charge in [0.1, 0.15) is 5.75 Å². The van der Waals surface area contributed by atoms with E-state index in [0.29, 0.717) is 30.4 Å². The Balaban J connectivity index is 0.00000400. The van der Waals surface area contributed by atoms with Crippen LogP contribution in [0.2, 0.25) is 0 Å². The number of hydrogen-bond donors (Lipinski definition) is 2. The average molecular weight is 315 g/mol. The first-order chi connectivity index (χ1) is 9.40. The van der Waals surface area contributed by atoms with E-state index in [1.165, 1.54) is 0 Å². The lowest BCUT2D eigenvalue weighted by atomic mass is 9.90. The molecule has 1 aromatic carbocycles. The molecule has 0 saturated heterocycles. The summed E-state index contributed by atoms with van der Waals surface area (Å²) in [5.74, 6) is 1.07. The van der Waals surface area contributed by atoms with Crippen LogP contribution in [0.4, 0.5) is 0 Å². The van der Waals surface area contributed by atoms with Gasteiger partial charge >= 0.3 is 0 Å². The van der Waals surface area contributed by atoms with Gasteiger partial charge in [0.25, 0.3) is 5.91 Å². The molecular formula is C16H27ClN2O2. The SMILES string of the molecule is CCOc1cccc(C(=O)NC(C)(CN)CC(C)C)c1.Cl. The second kappa shape index (κ2) is 8.90. The lowest BCUT2D eigenvalue weighted by Gasteiger charge is -2.31. The molecular weight excluding hydrogens is 288 g/mol. The third kappa shape index (κ3) is 6.36. The molecule has 1 atom stereocenters. The molecule has 0 radical (unpaired) electrons. The van der Waals surface area contributed by atoms with Gasteiger partial charge in [-0.25, -0.2) is 0 Å². The van der Waals surface area contributed by atoms with E-state index in [0.717, 1.165) is 6.42 Å². The van der Waals surface area contributed by atoms with Crippen LogP contribution in [0.15, 0.2) is 24.3 Å². The van der Waals surface area contributed by atoms with E-state index >= 15 is 0 Å². The molecule has 0 aliphatic carbocycles. The van der Waals surface area contributed by atoms with E-state index in [2.05, 4.69) is 19.2 Å². The van der Waals surface area contributed by atoms with Crippen LogP contribution < -0.4 is 15.8 Å². The van der Waals surface area contributed by atoms with Crippen molar-refractivity contribution < 1.29 is 9.53 Å². The summed E-state index contributed by atoms with van der Waals surface area (Å²) in [5.41, 5.74) is 6.03. The largest absolute Gasteiger partial charge is 0.494 e. The smallest absolute Gasteiger partial charge is 0.251 e. The highest BCUT2D eigenvalue weighted by atomic mass is 35.5. The third-order valence-corrected chi connectivity index (χ3v) is 3.13. The molecule has 21 heavy (non-hydrogen) atoms. The van der Waals surface area contributed by atoms with Crippen LogP contribution in [0.1, 0.15) is 44.5 Å². The molecule has 1 amide bonds. The number of halogens is 1. The van der Waals surface area contributed by atoms with E-state index in [-0.39, 0.29) is 23.9 Å². The van der Waals surface area contributed by atoms with Gasteiger partial charge in [-0.3, -0.25) is 4.79 Å². The molecule has 1 unspecified atom stereocenters. The molecule has 0 aromatic heterocycles. The summed E-state index contributed by atoms with van der Waals surface area (Å²) in [4.78, 5) is 12.3. The van der Waals surface area contributed by atoms with Gasteiger partial charge in [-0.1, -0.05) is 19.9 Å². The summed E-state index contributed by atoms with van der Waals surface area (Å²) in [6, 6.07) is 7.20. The van der Waals surface area contributed by atoms with E-state index in [1.807, 2.05) is 26.0 Å². The maximum absolute atomic E-state index is 12.3. The van der Waals surface area contributed by atoms with Gasteiger partial charge in [0.2, 0.25) is 0 Å². The Morgan fingerprint density at radius 1 is 1.43 bits per heavy atom. The van der Waals surface area contributed by atoms with Gasteiger partial charge < -0.3 is 15.8 Å². The summed E-state index contributed by atoms with van der Waals surface area (Å²) < 4.78 is 5.41. The van der Waals surface area contributed by atoms with Gasteiger partial charge in [0.05, 0.1) is 6.61 Å². The lowest BCUT2D eigenvalue weighted by Crippen LogP contribution is -2.52. The van der Waals surface area contributed by atoms with Gasteiger partial charge in [-0.05, 0) is 44.4 Å². The Kier molecular flexibility index (Phi) is 8.37. The fraction of sp³-hybridized carbons (Fsp3) is 0.562. The van der Waals surface area contributed by atoms with Crippen LogP contribution in [0, 0.1) is 5.92 Å². The van der Waals surface area contributed by atoms with Crippen molar-refractivity contribution in [2.24, 2.45) is 11.7 Å². The highest BCUT2D eigenvalue weighted by Gasteiger charge is 2.26. The van der Waals surface area contributed by atoms with Crippen molar-refractivity contribution in [1.82, 2.24) is 5.32 Å². The van der Waals surface area contributed by atoms with Crippen LogP contribution in [-0.2, 0) is 0 Å². The number of nitrogens with one attached hydrogen (secondary N) is 1. The van der Waals surface area contributed by atoms with Gasteiger partial charge in [0.15, 0.2) is 0 Å². The van der Waals surface area contributed by atoms with Crippen LogP contribution in [0.5, 0.6) is 5.75 Å². The number of hydrogen-bond acceptors (Lipinski definition) is 3. The normalized spacial score (nSPS) is 13.2. The van der Waals surface area contributed by atoms with Gasteiger partial charge in [-0.15, -0.1) is 12.4 Å². The monoisotopic (exact) mass is 314 g/mol. The Bertz CT molecular complexity index is 452. The predicted molar refractivity (Wildman–Crippen MR) is 89.2 cm³/mol. The quantitative estimate of drug-likeness (QED) is 0.813. The zero-order chi connectivity index (χ0) is 15.2. The Morgan fingerprint density at radius 3 is 2.62 bits per heavy atom. The maximum Gasteiger partial charge on any atom is 0.251 e. The Morgan fingerprint density at radius 2 is 2.10 bits per heavy atom. The second-order valence-electron chi connectivity index (χ2n) is 5.78. The standard InChI is InChI=1S/C16H26N2O2.ClH/c1-5-20-14-8-6-7-13(9-14)15(19)18-16(4,11-17)10-12(2)3;/h6-9,12H,5,10-11,17H2,1-4H3,(H,18,19);1H. The van der Waals surface area contributed by atoms with Crippen molar-refractivity contribution >= 4 is 18.3 Å². The minimum absolute atomic E-state index is 0.